The van der Waals surface area contributed by atoms with Crippen molar-refractivity contribution in [1.29, 1.82) is 5.26 Å². The van der Waals surface area contributed by atoms with E-state index in [1.165, 1.54) is 101 Å². The fraction of sp³-hybridized carbons (Fsp3) is 0. The molecule has 8 aromatic heterocycles. The van der Waals surface area contributed by atoms with Crippen molar-refractivity contribution in [1.82, 2.24) is 13.7 Å². The van der Waals surface area contributed by atoms with E-state index in [2.05, 4.69) is 287 Å². The van der Waals surface area contributed by atoms with Gasteiger partial charge in [0, 0.05) is 144 Å². The number of para-hydroxylation sites is 3. The molecule has 0 amide bonds. The third kappa shape index (κ3) is 6.97. The summed E-state index contributed by atoms with van der Waals surface area (Å²) >= 11 is 9.19. The molecule has 0 atom stereocenters. The van der Waals surface area contributed by atoms with Crippen molar-refractivity contribution in [2.24, 2.45) is 0 Å². The third-order valence-corrected chi connectivity index (χ3v) is 25.7. The van der Waals surface area contributed by atoms with Crippen LogP contribution in [0, 0.1) is 11.3 Å². The van der Waals surface area contributed by atoms with Crippen molar-refractivity contribution in [2.75, 3.05) is 0 Å². The van der Waals surface area contributed by atoms with Gasteiger partial charge in [-0.05, 0) is 108 Å². The summed E-state index contributed by atoms with van der Waals surface area (Å²) in [6.07, 6.45) is 0. The minimum absolute atomic E-state index is 0.602. The first kappa shape index (κ1) is 51.7. The Balaban J connectivity index is 1.04. The lowest BCUT2D eigenvalue weighted by Crippen LogP contribution is -2.14. The topological polar surface area (TPSA) is 38.6 Å². The summed E-state index contributed by atoms with van der Waals surface area (Å²) in [6.45, 7) is 0. The van der Waals surface area contributed by atoms with Gasteiger partial charge in [-0.1, -0.05) is 170 Å². The normalized spacial score (nSPS) is 12.5. The second-order valence-corrected chi connectivity index (χ2v) is 30.3. The number of nitrogens with zero attached hydrogens (tertiary/aromatic N) is 4. The molecule has 0 fully saturated rings. The largest absolute Gasteiger partial charge is 0.306 e. The Morgan fingerprint density at radius 1 is 0.213 bits per heavy atom. The molecule has 8 heterocycles. The molecule has 0 aliphatic heterocycles. The van der Waals surface area contributed by atoms with Gasteiger partial charge in [0.05, 0.1) is 55.7 Å². The smallest absolute Gasteiger partial charge is 0.101 e. The quantitative estimate of drug-likeness (QED) is 0.169. The van der Waals surface area contributed by atoms with Crippen LogP contribution in [0.1, 0.15) is 5.56 Å². The molecular formula is C85H44N4S5. The highest BCUT2D eigenvalue weighted by Gasteiger charge is 2.35. The van der Waals surface area contributed by atoms with Gasteiger partial charge in [0.15, 0.2) is 0 Å². The van der Waals surface area contributed by atoms with Crippen molar-refractivity contribution in [3.8, 4) is 45.4 Å². The minimum atomic E-state index is 0.602. The number of thiophene rings is 5. The van der Waals surface area contributed by atoms with Crippen molar-refractivity contribution >= 4 is 223 Å². The van der Waals surface area contributed by atoms with E-state index in [-0.39, 0.29) is 0 Å². The van der Waals surface area contributed by atoms with Gasteiger partial charge in [-0.3, -0.25) is 0 Å². The Morgan fingerprint density at radius 2 is 0.479 bits per heavy atom. The first-order valence-electron chi connectivity index (χ1n) is 31.6. The van der Waals surface area contributed by atoms with Gasteiger partial charge in [-0.2, -0.15) is 5.26 Å². The Labute approximate surface area is 555 Å². The molecule has 0 aliphatic rings. The average molecular weight is 1280 g/mol. The lowest BCUT2D eigenvalue weighted by atomic mass is 9.87. The standard InChI is InChI=1S/C85H44N4S5/c86-45-64-81(46-33-35-56-51-20-4-12-28-71(51)90-76(56)37-46)83(87-65-25-9-1-17-48(65)58-39-61-53-22-6-14-30-73(53)92-78(61)42-68(58)87)85(89-67-27-11-3-19-50(67)60-41-63-55-24-8-16-32-75(55)94-80(63)44-70(60)89)84(82(64)47-34-36-57-52-21-5-13-29-72(52)91-77(57)38-47)88-66-26-10-2-18-49(66)59-40-62-54-23-7-15-31-74(54)93-79(62)43-69(59)88/h1-44H. The van der Waals surface area contributed by atoms with Gasteiger partial charge in [0.2, 0.25) is 0 Å². The Morgan fingerprint density at radius 3 is 0.809 bits per heavy atom. The Kier molecular flexibility index (Phi) is 10.5. The van der Waals surface area contributed by atoms with Gasteiger partial charge in [0.1, 0.15) is 6.07 Å². The maximum absolute atomic E-state index is 13.2. The highest BCUT2D eigenvalue weighted by molar-refractivity contribution is 7.27. The van der Waals surface area contributed by atoms with E-state index in [1.807, 2.05) is 56.7 Å². The predicted octanol–water partition coefficient (Wildman–Crippen LogP) is 26.0. The number of hydrogen-bond acceptors (Lipinski definition) is 6. The summed E-state index contributed by atoms with van der Waals surface area (Å²) < 4.78 is 20.0. The summed E-state index contributed by atoms with van der Waals surface area (Å²) in [5.74, 6) is 0. The molecule has 434 valence electrons. The molecule has 0 unspecified atom stereocenters. The van der Waals surface area contributed by atoms with Crippen LogP contribution in [0.3, 0.4) is 0 Å². The number of nitriles is 1. The van der Waals surface area contributed by atoms with Gasteiger partial charge in [0.25, 0.3) is 0 Å². The fourth-order valence-electron chi connectivity index (χ4n) is 16.1. The molecule has 0 N–H and O–H groups in total. The molecule has 0 bridgehead atoms. The van der Waals surface area contributed by atoms with Gasteiger partial charge in [-0.15, -0.1) is 56.7 Å². The minimum Gasteiger partial charge on any atom is -0.306 e. The molecule has 0 radical (unpaired) electrons. The van der Waals surface area contributed by atoms with Crippen LogP contribution in [-0.2, 0) is 0 Å². The van der Waals surface area contributed by atoms with E-state index in [0.29, 0.717) is 5.56 Å². The van der Waals surface area contributed by atoms with E-state index in [9.17, 15) is 5.26 Å². The first-order valence-corrected chi connectivity index (χ1v) is 35.7. The molecule has 9 heteroatoms. The number of aromatic nitrogens is 3. The number of fused-ring (bicyclic) bond motifs is 24. The van der Waals surface area contributed by atoms with E-state index in [1.54, 1.807) is 0 Å². The molecule has 4 nitrogen and oxygen atoms in total. The van der Waals surface area contributed by atoms with E-state index in [0.717, 1.165) is 105 Å². The van der Waals surface area contributed by atoms with Gasteiger partial charge in [-0.25, -0.2) is 0 Å². The summed E-state index contributed by atoms with van der Waals surface area (Å²) in [5.41, 5.74) is 13.5. The van der Waals surface area contributed by atoms with Crippen LogP contribution in [0.15, 0.2) is 267 Å². The molecule has 22 rings (SSSR count). The SMILES string of the molecule is N#Cc1c(-c2ccc3c(c2)sc2ccccc23)c(-n2c3ccccc3c3cc4c(cc32)sc2ccccc24)c(-n2c3ccccc3c3cc4c(cc32)sc2ccccc24)c(-n2c3ccccc3c3cc4c(cc32)sc2ccccc24)c1-c1ccc2c(c1)sc1ccccc12. The van der Waals surface area contributed by atoms with Crippen LogP contribution in [0.2, 0.25) is 0 Å². The van der Waals surface area contributed by atoms with E-state index >= 15 is 0 Å². The molecule has 0 saturated heterocycles. The van der Waals surface area contributed by atoms with Crippen LogP contribution in [0.25, 0.3) is 206 Å². The summed E-state index contributed by atoms with van der Waals surface area (Å²) in [5, 5.41) is 32.5. The summed E-state index contributed by atoms with van der Waals surface area (Å²) in [6, 6.07) is 103. The molecule has 22 aromatic rings. The maximum atomic E-state index is 13.2. The van der Waals surface area contributed by atoms with Crippen LogP contribution < -0.4 is 0 Å². The molecule has 14 aromatic carbocycles. The third-order valence-electron chi connectivity index (χ3n) is 20.1. The number of rotatable bonds is 5. The van der Waals surface area contributed by atoms with Crippen molar-refractivity contribution in [3.63, 3.8) is 0 Å². The summed E-state index contributed by atoms with van der Waals surface area (Å²) in [7, 11) is 0. The van der Waals surface area contributed by atoms with Crippen molar-refractivity contribution < 1.29 is 0 Å². The predicted molar refractivity (Wildman–Crippen MR) is 409 cm³/mol. The second-order valence-electron chi connectivity index (χ2n) is 24.8. The van der Waals surface area contributed by atoms with Crippen LogP contribution in [0.4, 0.5) is 0 Å². The van der Waals surface area contributed by atoms with Crippen molar-refractivity contribution in [3.05, 3.63) is 272 Å². The molecule has 0 aliphatic carbocycles. The Hall–Kier alpha value is -10.9. The van der Waals surface area contributed by atoms with Gasteiger partial charge >= 0.3 is 0 Å². The Bertz CT molecular complexity index is 6880. The van der Waals surface area contributed by atoms with Crippen LogP contribution >= 0.6 is 56.7 Å². The fourth-order valence-corrected chi connectivity index (χ4v) is 21.7. The number of benzene rings is 14. The second kappa shape index (κ2) is 19.1. The lowest BCUT2D eigenvalue weighted by molar-refractivity contribution is 1.05. The highest BCUT2D eigenvalue weighted by Crippen LogP contribution is 2.55. The maximum Gasteiger partial charge on any atom is 0.101 e. The van der Waals surface area contributed by atoms with Crippen LogP contribution in [0.5, 0.6) is 0 Å². The molecule has 0 spiro atoms. The molecular weight excluding hydrogens is 1240 g/mol. The van der Waals surface area contributed by atoms with Crippen LogP contribution in [-0.4, -0.2) is 13.7 Å². The van der Waals surface area contributed by atoms with Gasteiger partial charge < -0.3 is 13.7 Å². The first-order chi connectivity index (χ1) is 46.6. The number of hydrogen-bond donors (Lipinski definition) is 0. The highest BCUT2D eigenvalue weighted by atomic mass is 32.1. The molecule has 0 saturated carbocycles. The van der Waals surface area contributed by atoms with E-state index in [4.69, 9.17) is 0 Å². The van der Waals surface area contributed by atoms with E-state index < -0.39 is 0 Å². The zero-order valence-corrected chi connectivity index (χ0v) is 53.8. The summed E-state index contributed by atoms with van der Waals surface area (Å²) in [4.78, 5) is 0. The lowest BCUT2D eigenvalue weighted by Gasteiger charge is -2.29. The monoisotopic (exact) mass is 1280 g/mol. The average Bonchev–Trinajstić information content (AvgIpc) is 1.47. The zero-order chi connectivity index (χ0) is 61.2. The van der Waals surface area contributed by atoms with Crippen molar-refractivity contribution in [2.45, 2.75) is 0 Å². The zero-order valence-electron chi connectivity index (χ0n) is 49.7. The molecule has 94 heavy (non-hydrogen) atoms.